The summed E-state index contributed by atoms with van der Waals surface area (Å²) in [5, 5.41) is 16.3. The van der Waals surface area contributed by atoms with Gasteiger partial charge in [-0.15, -0.1) is 5.10 Å². The zero-order valence-electron chi connectivity index (χ0n) is 7.68. The first kappa shape index (κ1) is 7.96. The van der Waals surface area contributed by atoms with Crippen LogP contribution in [0.4, 0.5) is 0 Å². The largest absolute Gasteiger partial charge is 0.476 e. The molecule has 1 heterocycles. The van der Waals surface area contributed by atoms with Crippen molar-refractivity contribution in [2.75, 3.05) is 0 Å². The van der Waals surface area contributed by atoms with E-state index in [1.807, 2.05) is 0 Å². The van der Waals surface area contributed by atoms with Crippen LogP contribution in [0.3, 0.4) is 0 Å². The molecule has 5 nitrogen and oxygen atoms in total. The predicted molar refractivity (Wildman–Crippen MR) is 46.9 cm³/mol. The molecule has 2 bridgehead atoms. The van der Waals surface area contributed by atoms with Gasteiger partial charge in [-0.05, 0) is 31.6 Å². The van der Waals surface area contributed by atoms with E-state index in [0.29, 0.717) is 0 Å². The number of fused-ring (bicyclic) bond motifs is 1. The molecule has 1 N–H and O–H groups in total. The lowest BCUT2D eigenvalue weighted by atomic mass is 9.77. The van der Waals surface area contributed by atoms with Gasteiger partial charge in [-0.3, -0.25) is 0 Å². The first-order chi connectivity index (χ1) is 6.70. The molecule has 0 spiro atoms. The smallest absolute Gasteiger partial charge is 0.358 e. The third kappa shape index (κ3) is 0.867. The second-order valence-electron chi connectivity index (χ2n) is 4.39. The maximum atomic E-state index is 10.6. The molecule has 5 heteroatoms. The predicted octanol–water partition coefficient (Wildman–Crippen LogP) is 0.875. The van der Waals surface area contributed by atoms with Crippen LogP contribution in [0.5, 0.6) is 0 Å². The van der Waals surface area contributed by atoms with Crippen LogP contribution in [0.1, 0.15) is 36.2 Å². The highest BCUT2D eigenvalue weighted by Gasteiger charge is 2.52. The van der Waals surface area contributed by atoms with Gasteiger partial charge in [0.05, 0.1) is 11.7 Å². The summed E-state index contributed by atoms with van der Waals surface area (Å²) in [7, 11) is 0. The molecule has 3 aliphatic rings. The highest BCUT2D eigenvalue weighted by molar-refractivity contribution is 5.84. The minimum absolute atomic E-state index is 0.0507. The lowest BCUT2D eigenvalue weighted by molar-refractivity contribution is 0.0690. The Morgan fingerprint density at radius 2 is 2.43 bits per heavy atom. The summed E-state index contributed by atoms with van der Waals surface area (Å²) >= 11 is 0. The van der Waals surface area contributed by atoms with Crippen molar-refractivity contribution in [1.82, 2.24) is 15.0 Å². The number of hydrogen-bond acceptors (Lipinski definition) is 3. The number of hydrogen-bond donors (Lipinski definition) is 1. The second-order valence-corrected chi connectivity index (χ2v) is 4.39. The number of nitrogens with zero attached hydrogens (tertiary/aromatic N) is 3. The molecule has 74 valence electrons. The third-order valence-electron chi connectivity index (χ3n) is 3.55. The van der Waals surface area contributed by atoms with E-state index in [0.717, 1.165) is 25.2 Å². The van der Waals surface area contributed by atoms with Crippen molar-refractivity contribution in [3.05, 3.63) is 11.9 Å². The fourth-order valence-electron chi connectivity index (χ4n) is 2.79. The lowest BCUT2D eigenvalue weighted by Gasteiger charge is -2.37. The topological polar surface area (TPSA) is 68.0 Å². The van der Waals surface area contributed by atoms with Gasteiger partial charge in [-0.25, -0.2) is 9.48 Å². The van der Waals surface area contributed by atoms with Crippen molar-refractivity contribution in [2.24, 2.45) is 5.92 Å². The first-order valence-electron chi connectivity index (χ1n) is 4.86. The van der Waals surface area contributed by atoms with E-state index in [4.69, 9.17) is 5.11 Å². The Bertz CT molecular complexity index is 387. The van der Waals surface area contributed by atoms with Gasteiger partial charge in [-0.1, -0.05) is 5.21 Å². The molecule has 0 aliphatic heterocycles. The quantitative estimate of drug-likeness (QED) is 0.756. The van der Waals surface area contributed by atoms with Gasteiger partial charge in [0.1, 0.15) is 0 Å². The molecule has 14 heavy (non-hydrogen) atoms. The number of aromatic nitrogens is 3. The monoisotopic (exact) mass is 193 g/mol. The van der Waals surface area contributed by atoms with Crippen molar-refractivity contribution >= 4 is 5.97 Å². The molecule has 0 aromatic carbocycles. The fraction of sp³-hybridized carbons (Fsp3) is 0.667. The van der Waals surface area contributed by atoms with Crippen molar-refractivity contribution in [1.29, 1.82) is 0 Å². The molecule has 3 aliphatic carbocycles. The van der Waals surface area contributed by atoms with E-state index < -0.39 is 5.97 Å². The maximum Gasteiger partial charge on any atom is 0.358 e. The van der Waals surface area contributed by atoms with Crippen molar-refractivity contribution < 1.29 is 9.90 Å². The van der Waals surface area contributed by atoms with E-state index in [1.54, 1.807) is 10.9 Å². The molecule has 4 rings (SSSR count). The molecule has 3 fully saturated rings. The summed E-state index contributed by atoms with van der Waals surface area (Å²) in [5.74, 6) is -0.158. The Kier molecular flexibility index (Phi) is 1.33. The van der Waals surface area contributed by atoms with Gasteiger partial charge in [-0.2, -0.15) is 0 Å². The molecule has 0 atom stereocenters. The third-order valence-corrected chi connectivity index (χ3v) is 3.55. The average molecular weight is 193 g/mol. The van der Waals surface area contributed by atoms with Crippen molar-refractivity contribution in [3.8, 4) is 0 Å². The number of aromatic carboxylic acids is 1. The van der Waals surface area contributed by atoms with E-state index in [-0.39, 0.29) is 11.2 Å². The van der Waals surface area contributed by atoms with E-state index >= 15 is 0 Å². The van der Waals surface area contributed by atoms with E-state index in [2.05, 4.69) is 10.3 Å². The Hall–Kier alpha value is -1.39. The standard InChI is InChI=1S/C9H11N3O2/c13-8(14)7-5-12(11-10-7)9-2-1-6(3-9)4-9/h5-6H,1-4H2,(H,13,14). The van der Waals surface area contributed by atoms with Crippen LogP contribution in [0.2, 0.25) is 0 Å². The van der Waals surface area contributed by atoms with Gasteiger partial charge in [0.25, 0.3) is 0 Å². The molecule has 1 aromatic rings. The number of carboxylic acids is 1. The van der Waals surface area contributed by atoms with Crippen LogP contribution in [-0.4, -0.2) is 26.1 Å². The molecular weight excluding hydrogens is 182 g/mol. The van der Waals surface area contributed by atoms with Gasteiger partial charge in [0, 0.05) is 0 Å². The number of carboxylic acid groups (broad SMARTS) is 1. The SMILES string of the molecule is O=C(O)c1cn(C23CCC(C2)C3)nn1. The number of rotatable bonds is 2. The Morgan fingerprint density at radius 1 is 1.64 bits per heavy atom. The zero-order chi connectivity index (χ0) is 9.76. The molecule has 3 saturated carbocycles. The summed E-state index contributed by atoms with van der Waals surface area (Å²) in [6.07, 6.45) is 6.23. The Morgan fingerprint density at radius 3 is 2.93 bits per heavy atom. The van der Waals surface area contributed by atoms with Gasteiger partial charge < -0.3 is 5.11 Å². The number of carbonyl (C=O) groups is 1. The first-order valence-corrected chi connectivity index (χ1v) is 4.86. The van der Waals surface area contributed by atoms with Crippen LogP contribution in [0.25, 0.3) is 0 Å². The van der Waals surface area contributed by atoms with Gasteiger partial charge in [0.15, 0.2) is 5.69 Å². The minimum Gasteiger partial charge on any atom is -0.476 e. The van der Waals surface area contributed by atoms with Crippen LogP contribution in [0, 0.1) is 5.92 Å². The van der Waals surface area contributed by atoms with E-state index in [1.165, 1.54) is 6.42 Å². The van der Waals surface area contributed by atoms with Crippen molar-refractivity contribution in [2.45, 2.75) is 31.2 Å². The second kappa shape index (κ2) is 2.34. The van der Waals surface area contributed by atoms with Crippen molar-refractivity contribution in [3.63, 3.8) is 0 Å². The van der Waals surface area contributed by atoms with Crippen LogP contribution >= 0.6 is 0 Å². The molecular formula is C9H11N3O2. The van der Waals surface area contributed by atoms with Gasteiger partial charge in [0.2, 0.25) is 0 Å². The molecule has 0 saturated heterocycles. The summed E-state index contributed by atoms with van der Waals surface area (Å²) in [5.41, 5.74) is 0.167. The normalized spacial score (nSPS) is 34.1. The zero-order valence-corrected chi connectivity index (χ0v) is 7.68. The molecule has 1 aromatic heterocycles. The molecule has 0 unspecified atom stereocenters. The average Bonchev–Trinajstić information content (AvgIpc) is 2.76. The highest BCUT2D eigenvalue weighted by Crippen LogP contribution is 2.56. The van der Waals surface area contributed by atoms with E-state index in [9.17, 15) is 4.79 Å². The minimum atomic E-state index is -0.999. The summed E-state index contributed by atoms with van der Waals surface area (Å²) in [6, 6.07) is 0. The van der Waals surface area contributed by atoms with Crippen LogP contribution in [0.15, 0.2) is 6.20 Å². The summed E-state index contributed by atoms with van der Waals surface area (Å²) in [4.78, 5) is 10.6. The Balaban J connectivity index is 1.93. The Labute approximate surface area is 80.7 Å². The molecule has 0 amide bonds. The maximum absolute atomic E-state index is 10.6. The highest BCUT2D eigenvalue weighted by atomic mass is 16.4. The lowest BCUT2D eigenvalue weighted by Crippen LogP contribution is -2.39. The molecule has 0 radical (unpaired) electrons. The summed E-state index contributed by atoms with van der Waals surface area (Å²) in [6.45, 7) is 0. The van der Waals surface area contributed by atoms with Crippen LogP contribution < -0.4 is 0 Å². The van der Waals surface area contributed by atoms with Crippen LogP contribution in [-0.2, 0) is 5.54 Å². The summed E-state index contributed by atoms with van der Waals surface area (Å²) < 4.78 is 1.76. The fourth-order valence-corrected chi connectivity index (χ4v) is 2.79. The van der Waals surface area contributed by atoms with Gasteiger partial charge >= 0.3 is 5.97 Å².